The van der Waals surface area contributed by atoms with Gasteiger partial charge in [0.15, 0.2) is 5.78 Å². The zero-order chi connectivity index (χ0) is 11.0. The van der Waals surface area contributed by atoms with Crippen molar-refractivity contribution < 1.29 is 9.53 Å². The van der Waals surface area contributed by atoms with Crippen LogP contribution in [-0.4, -0.2) is 31.6 Å². The van der Waals surface area contributed by atoms with Crippen LogP contribution in [0.15, 0.2) is 12.7 Å². The number of hydrogen-bond acceptors (Lipinski definition) is 3. The highest BCUT2D eigenvalue weighted by Gasteiger charge is 2.06. The summed E-state index contributed by atoms with van der Waals surface area (Å²) in [5.74, 6) is 0.219. The van der Waals surface area contributed by atoms with Crippen molar-refractivity contribution >= 4 is 5.78 Å². The normalized spacial score (nSPS) is 12.9. The summed E-state index contributed by atoms with van der Waals surface area (Å²) in [6.45, 7) is 11.0. The molecule has 0 spiro atoms. The molecule has 0 amide bonds. The third-order valence-electron chi connectivity index (χ3n) is 1.95. The Kier molecular flexibility index (Phi) is 7.34. The van der Waals surface area contributed by atoms with E-state index < -0.39 is 0 Å². The van der Waals surface area contributed by atoms with Crippen LogP contribution in [0.25, 0.3) is 0 Å². The van der Waals surface area contributed by atoms with Crippen LogP contribution >= 0.6 is 0 Å². The molecule has 0 aliphatic rings. The Hall–Kier alpha value is -0.670. The molecule has 0 radical (unpaired) electrons. The zero-order valence-corrected chi connectivity index (χ0v) is 9.38. The van der Waals surface area contributed by atoms with E-state index in [0.29, 0.717) is 12.6 Å². The fourth-order valence-corrected chi connectivity index (χ4v) is 0.782. The predicted octanol–water partition coefficient (Wildman–Crippen LogP) is 1.39. The van der Waals surface area contributed by atoms with Crippen molar-refractivity contribution in [3.05, 3.63) is 12.7 Å². The summed E-state index contributed by atoms with van der Waals surface area (Å²) < 4.78 is 5.21. The van der Waals surface area contributed by atoms with Crippen LogP contribution in [0.2, 0.25) is 0 Å². The van der Waals surface area contributed by atoms with Gasteiger partial charge in [-0.25, -0.2) is 0 Å². The summed E-state index contributed by atoms with van der Waals surface area (Å²) in [5.41, 5.74) is 0. The van der Waals surface area contributed by atoms with Gasteiger partial charge in [-0.3, -0.25) is 4.79 Å². The lowest BCUT2D eigenvalue weighted by Gasteiger charge is -2.09. The van der Waals surface area contributed by atoms with Crippen LogP contribution in [0.1, 0.15) is 20.8 Å². The molecule has 0 aromatic rings. The molecule has 3 nitrogen and oxygen atoms in total. The van der Waals surface area contributed by atoms with Gasteiger partial charge in [0.05, 0.1) is 6.61 Å². The maximum Gasteiger partial charge on any atom is 0.160 e. The lowest BCUT2D eigenvalue weighted by molar-refractivity contribution is -0.126. The Morgan fingerprint density at radius 2 is 2.14 bits per heavy atom. The molecule has 82 valence electrons. The highest BCUT2D eigenvalue weighted by Crippen LogP contribution is 1.94. The van der Waals surface area contributed by atoms with E-state index in [9.17, 15) is 4.79 Å². The highest BCUT2D eigenvalue weighted by atomic mass is 16.5. The number of nitrogens with one attached hydrogen (secondary N) is 1. The molecule has 1 unspecified atom stereocenters. The molecule has 14 heavy (non-hydrogen) atoms. The number of ketones is 1. The summed E-state index contributed by atoms with van der Waals surface area (Å²) in [6.07, 6.45) is 1.83. The van der Waals surface area contributed by atoms with Gasteiger partial charge in [-0.05, 0) is 6.92 Å². The van der Waals surface area contributed by atoms with E-state index in [1.807, 2.05) is 26.8 Å². The quantitative estimate of drug-likeness (QED) is 0.474. The minimum absolute atomic E-state index is 0.0649. The topological polar surface area (TPSA) is 38.3 Å². The summed E-state index contributed by atoms with van der Waals surface area (Å²) in [4.78, 5) is 11.1. The number of Topliss-reactive ketones (excluding diaryl/α,β-unsaturated/α-hetero) is 1. The average Bonchev–Trinajstić information content (AvgIpc) is 2.16. The maximum absolute atomic E-state index is 11.1. The first-order valence-corrected chi connectivity index (χ1v) is 5.04. The molecule has 0 saturated carbocycles. The molecule has 0 aromatic heterocycles. The van der Waals surface area contributed by atoms with Crippen molar-refractivity contribution in [2.24, 2.45) is 5.92 Å². The Labute approximate surface area is 86.5 Å². The minimum Gasteiger partial charge on any atom is -0.372 e. The lowest BCUT2D eigenvalue weighted by atomic mass is 10.1. The van der Waals surface area contributed by atoms with Gasteiger partial charge in [0.25, 0.3) is 0 Å². The van der Waals surface area contributed by atoms with Crippen LogP contribution in [0, 0.1) is 5.92 Å². The largest absolute Gasteiger partial charge is 0.372 e. The minimum atomic E-state index is 0.0649. The van der Waals surface area contributed by atoms with Crippen molar-refractivity contribution in [2.45, 2.75) is 26.8 Å². The van der Waals surface area contributed by atoms with Crippen molar-refractivity contribution in [1.29, 1.82) is 0 Å². The molecule has 0 aliphatic carbocycles. The van der Waals surface area contributed by atoms with Crippen LogP contribution < -0.4 is 5.32 Å². The standard InChI is InChI=1S/C11H21NO2/c1-5-10(4)12-6-7-14-8-11(13)9(2)3/h5,9-10,12H,1,6-8H2,2-4H3. The van der Waals surface area contributed by atoms with Crippen molar-refractivity contribution in [3.8, 4) is 0 Å². The second kappa shape index (κ2) is 7.71. The first-order chi connectivity index (χ1) is 6.57. The summed E-state index contributed by atoms with van der Waals surface area (Å²) in [5, 5.41) is 3.18. The van der Waals surface area contributed by atoms with E-state index in [1.165, 1.54) is 0 Å². The second-order valence-electron chi connectivity index (χ2n) is 3.65. The van der Waals surface area contributed by atoms with Gasteiger partial charge in [0.1, 0.15) is 6.61 Å². The summed E-state index contributed by atoms with van der Waals surface area (Å²) >= 11 is 0. The van der Waals surface area contributed by atoms with E-state index in [-0.39, 0.29) is 18.3 Å². The van der Waals surface area contributed by atoms with Gasteiger partial charge >= 0.3 is 0 Å². The van der Waals surface area contributed by atoms with Gasteiger partial charge in [-0.15, -0.1) is 6.58 Å². The van der Waals surface area contributed by atoms with Gasteiger partial charge < -0.3 is 10.1 Å². The zero-order valence-electron chi connectivity index (χ0n) is 9.38. The number of carbonyl (C=O) groups excluding carboxylic acids is 1. The molecule has 3 heteroatoms. The van der Waals surface area contributed by atoms with E-state index in [2.05, 4.69) is 11.9 Å². The fraction of sp³-hybridized carbons (Fsp3) is 0.727. The number of rotatable bonds is 8. The lowest BCUT2D eigenvalue weighted by Crippen LogP contribution is -2.28. The SMILES string of the molecule is C=CC(C)NCCOCC(=O)C(C)C. The number of carbonyl (C=O) groups is 1. The molecule has 0 aromatic carbocycles. The third-order valence-corrected chi connectivity index (χ3v) is 1.95. The number of ether oxygens (including phenoxy) is 1. The number of hydrogen-bond donors (Lipinski definition) is 1. The summed E-state index contributed by atoms with van der Waals surface area (Å²) in [7, 11) is 0. The molecule has 0 rings (SSSR count). The highest BCUT2D eigenvalue weighted by molar-refractivity contribution is 5.81. The Morgan fingerprint density at radius 3 is 2.64 bits per heavy atom. The summed E-state index contributed by atoms with van der Waals surface area (Å²) in [6, 6.07) is 0.291. The molecular formula is C11H21NO2. The molecular weight excluding hydrogens is 178 g/mol. The van der Waals surface area contributed by atoms with Crippen molar-refractivity contribution in [1.82, 2.24) is 5.32 Å². The molecule has 0 saturated heterocycles. The average molecular weight is 199 g/mol. The second-order valence-corrected chi connectivity index (χ2v) is 3.65. The van der Waals surface area contributed by atoms with E-state index >= 15 is 0 Å². The van der Waals surface area contributed by atoms with Gasteiger partial charge in [-0.1, -0.05) is 19.9 Å². The van der Waals surface area contributed by atoms with Crippen LogP contribution in [-0.2, 0) is 9.53 Å². The molecule has 1 atom stereocenters. The Morgan fingerprint density at radius 1 is 1.50 bits per heavy atom. The molecule has 0 heterocycles. The van der Waals surface area contributed by atoms with Crippen LogP contribution in [0.4, 0.5) is 0 Å². The van der Waals surface area contributed by atoms with Crippen LogP contribution in [0.5, 0.6) is 0 Å². The van der Waals surface area contributed by atoms with Crippen molar-refractivity contribution in [2.75, 3.05) is 19.8 Å². The van der Waals surface area contributed by atoms with Gasteiger partial charge in [-0.2, -0.15) is 0 Å². The van der Waals surface area contributed by atoms with Crippen LogP contribution in [0.3, 0.4) is 0 Å². The molecule has 0 aliphatic heterocycles. The fourth-order valence-electron chi connectivity index (χ4n) is 0.782. The molecule has 0 bridgehead atoms. The predicted molar refractivity (Wildman–Crippen MR) is 58.3 cm³/mol. The molecule has 0 fully saturated rings. The monoisotopic (exact) mass is 199 g/mol. The van der Waals surface area contributed by atoms with Crippen molar-refractivity contribution in [3.63, 3.8) is 0 Å². The smallest absolute Gasteiger partial charge is 0.160 e. The Bertz CT molecular complexity index is 178. The van der Waals surface area contributed by atoms with E-state index in [4.69, 9.17) is 4.74 Å². The van der Waals surface area contributed by atoms with Gasteiger partial charge in [0, 0.05) is 18.5 Å². The maximum atomic E-state index is 11.1. The first kappa shape index (κ1) is 13.3. The third kappa shape index (κ3) is 6.80. The Balaban J connectivity index is 3.30. The molecule has 1 N–H and O–H groups in total. The van der Waals surface area contributed by atoms with Gasteiger partial charge in [0.2, 0.25) is 0 Å². The van der Waals surface area contributed by atoms with E-state index in [1.54, 1.807) is 0 Å². The van der Waals surface area contributed by atoms with E-state index in [0.717, 1.165) is 6.54 Å². The first-order valence-electron chi connectivity index (χ1n) is 5.04.